The fraction of sp³-hybridized carbons (Fsp3) is 0.556. The predicted octanol–water partition coefficient (Wildman–Crippen LogP) is 3.55. The third-order valence-electron chi connectivity index (χ3n) is 4.23. The summed E-state index contributed by atoms with van der Waals surface area (Å²) in [6, 6.07) is 1.93. The van der Waals surface area contributed by atoms with E-state index in [1.54, 1.807) is 6.20 Å². The van der Waals surface area contributed by atoms with Gasteiger partial charge in [0.15, 0.2) is 0 Å². The molecule has 4 nitrogen and oxygen atoms in total. The number of carbonyl (C=O) groups is 1. The SMILES string of the molecule is CCN(CC)c1cncc(C(=O)NCCC2=CCCCC2)c1. The molecule has 4 heteroatoms. The summed E-state index contributed by atoms with van der Waals surface area (Å²) >= 11 is 0. The molecular weight excluding hydrogens is 274 g/mol. The number of amides is 1. The van der Waals surface area contributed by atoms with E-state index < -0.39 is 0 Å². The van der Waals surface area contributed by atoms with E-state index in [9.17, 15) is 4.79 Å². The lowest BCUT2D eigenvalue weighted by Crippen LogP contribution is -2.26. The molecular formula is C18H27N3O. The van der Waals surface area contributed by atoms with E-state index in [0.717, 1.165) is 25.2 Å². The van der Waals surface area contributed by atoms with Gasteiger partial charge in [0.25, 0.3) is 5.91 Å². The van der Waals surface area contributed by atoms with Gasteiger partial charge in [-0.05, 0) is 52.0 Å². The van der Waals surface area contributed by atoms with E-state index in [0.29, 0.717) is 12.1 Å². The number of anilines is 1. The van der Waals surface area contributed by atoms with Gasteiger partial charge in [0.05, 0.1) is 17.4 Å². The molecule has 2 rings (SSSR count). The van der Waals surface area contributed by atoms with Crippen molar-refractivity contribution >= 4 is 11.6 Å². The van der Waals surface area contributed by atoms with Crippen LogP contribution in [0.4, 0.5) is 5.69 Å². The largest absolute Gasteiger partial charge is 0.371 e. The minimum Gasteiger partial charge on any atom is -0.371 e. The summed E-state index contributed by atoms with van der Waals surface area (Å²) in [5.74, 6) is -0.0297. The van der Waals surface area contributed by atoms with Crippen molar-refractivity contribution in [2.45, 2.75) is 46.0 Å². The maximum absolute atomic E-state index is 12.2. The average molecular weight is 301 g/mol. The Labute approximate surface area is 133 Å². The molecule has 0 saturated carbocycles. The number of aromatic nitrogens is 1. The van der Waals surface area contributed by atoms with Crippen LogP contribution in [0.1, 0.15) is 56.3 Å². The third-order valence-corrected chi connectivity index (χ3v) is 4.23. The minimum atomic E-state index is -0.0297. The van der Waals surface area contributed by atoms with Crippen LogP contribution in [0.15, 0.2) is 30.1 Å². The molecule has 0 aliphatic heterocycles. The number of nitrogens with zero attached hydrogens (tertiary/aromatic N) is 2. The summed E-state index contributed by atoms with van der Waals surface area (Å²) in [5.41, 5.74) is 3.14. The molecule has 1 aliphatic carbocycles. The maximum Gasteiger partial charge on any atom is 0.252 e. The van der Waals surface area contributed by atoms with Gasteiger partial charge >= 0.3 is 0 Å². The molecule has 0 spiro atoms. The molecule has 0 saturated heterocycles. The van der Waals surface area contributed by atoms with Crippen LogP contribution in [-0.2, 0) is 0 Å². The molecule has 0 atom stereocenters. The first-order valence-electron chi connectivity index (χ1n) is 8.40. The lowest BCUT2D eigenvalue weighted by atomic mass is 9.97. The van der Waals surface area contributed by atoms with E-state index in [2.05, 4.69) is 35.1 Å². The van der Waals surface area contributed by atoms with Gasteiger partial charge < -0.3 is 10.2 Å². The lowest BCUT2D eigenvalue weighted by Gasteiger charge is -2.20. The Morgan fingerprint density at radius 3 is 2.77 bits per heavy atom. The molecule has 1 aromatic heterocycles. The van der Waals surface area contributed by atoms with Crippen molar-refractivity contribution in [3.05, 3.63) is 35.7 Å². The Bertz CT molecular complexity index is 521. The first-order valence-corrected chi connectivity index (χ1v) is 8.40. The highest BCUT2D eigenvalue weighted by Gasteiger charge is 2.10. The molecule has 120 valence electrons. The Kier molecular flexibility index (Phi) is 6.44. The van der Waals surface area contributed by atoms with E-state index >= 15 is 0 Å². The van der Waals surface area contributed by atoms with Crippen LogP contribution in [0.3, 0.4) is 0 Å². The number of hydrogen-bond acceptors (Lipinski definition) is 3. The average Bonchev–Trinajstić information content (AvgIpc) is 2.57. The second-order valence-electron chi connectivity index (χ2n) is 5.72. The fourth-order valence-corrected chi connectivity index (χ4v) is 2.88. The Morgan fingerprint density at radius 2 is 2.09 bits per heavy atom. The van der Waals surface area contributed by atoms with Crippen LogP contribution in [0.5, 0.6) is 0 Å². The summed E-state index contributed by atoms with van der Waals surface area (Å²) < 4.78 is 0. The normalized spacial score (nSPS) is 14.4. The van der Waals surface area contributed by atoms with Crippen molar-refractivity contribution in [1.29, 1.82) is 0 Å². The van der Waals surface area contributed by atoms with Crippen molar-refractivity contribution in [1.82, 2.24) is 10.3 Å². The van der Waals surface area contributed by atoms with E-state index in [1.165, 1.54) is 31.3 Å². The third kappa shape index (κ3) is 4.58. The first kappa shape index (κ1) is 16.5. The van der Waals surface area contributed by atoms with Gasteiger partial charge in [-0.3, -0.25) is 9.78 Å². The summed E-state index contributed by atoms with van der Waals surface area (Å²) in [5, 5.41) is 3.01. The first-order chi connectivity index (χ1) is 10.7. The topological polar surface area (TPSA) is 45.2 Å². The van der Waals surface area contributed by atoms with Gasteiger partial charge in [-0.15, -0.1) is 0 Å². The second-order valence-corrected chi connectivity index (χ2v) is 5.72. The van der Waals surface area contributed by atoms with Crippen LogP contribution in [0, 0.1) is 0 Å². The van der Waals surface area contributed by atoms with Gasteiger partial charge in [0, 0.05) is 25.8 Å². The molecule has 0 bridgehead atoms. The summed E-state index contributed by atoms with van der Waals surface area (Å²) in [4.78, 5) is 18.6. The van der Waals surface area contributed by atoms with Gasteiger partial charge in [-0.2, -0.15) is 0 Å². The fourth-order valence-electron chi connectivity index (χ4n) is 2.88. The Hall–Kier alpha value is -1.84. The Balaban J connectivity index is 1.89. The molecule has 1 heterocycles. The number of allylic oxidation sites excluding steroid dienone is 1. The summed E-state index contributed by atoms with van der Waals surface area (Å²) in [7, 11) is 0. The lowest BCUT2D eigenvalue weighted by molar-refractivity contribution is 0.0953. The predicted molar refractivity (Wildman–Crippen MR) is 91.3 cm³/mol. The smallest absolute Gasteiger partial charge is 0.252 e. The van der Waals surface area contributed by atoms with Crippen molar-refractivity contribution in [2.24, 2.45) is 0 Å². The number of rotatable bonds is 7. The summed E-state index contributed by atoms with van der Waals surface area (Å²) in [6.07, 6.45) is 11.7. The maximum atomic E-state index is 12.2. The van der Waals surface area contributed by atoms with Crippen molar-refractivity contribution in [2.75, 3.05) is 24.5 Å². The molecule has 1 N–H and O–H groups in total. The standard InChI is InChI=1S/C18H27N3O/c1-3-21(4-2)17-12-16(13-19-14-17)18(22)20-11-10-15-8-6-5-7-9-15/h8,12-14H,3-7,9-11H2,1-2H3,(H,20,22). The molecule has 22 heavy (non-hydrogen) atoms. The van der Waals surface area contributed by atoms with E-state index in [4.69, 9.17) is 0 Å². The van der Waals surface area contributed by atoms with Gasteiger partial charge in [0.2, 0.25) is 0 Å². The van der Waals surface area contributed by atoms with Gasteiger partial charge in [-0.25, -0.2) is 0 Å². The van der Waals surface area contributed by atoms with Crippen LogP contribution in [0.25, 0.3) is 0 Å². The minimum absolute atomic E-state index is 0.0297. The highest BCUT2D eigenvalue weighted by molar-refractivity contribution is 5.94. The van der Waals surface area contributed by atoms with Crippen molar-refractivity contribution in [3.8, 4) is 0 Å². The van der Waals surface area contributed by atoms with Crippen LogP contribution in [0.2, 0.25) is 0 Å². The summed E-state index contributed by atoms with van der Waals surface area (Å²) in [6.45, 7) is 6.75. The number of hydrogen-bond donors (Lipinski definition) is 1. The van der Waals surface area contributed by atoms with E-state index in [1.807, 2.05) is 12.3 Å². The highest BCUT2D eigenvalue weighted by atomic mass is 16.1. The monoisotopic (exact) mass is 301 g/mol. The van der Waals surface area contributed by atoms with Gasteiger partial charge in [0.1, 0.15) is 0 Å². The zero-order chi connectivity index (χ0) is 15.8. The molecule has 0 aromatic carbocycles. The van der Waals surface area contributed by atoms with E-state index in [-0.39, 0.29) is 5.91 Å². The molecule has 0 radical (unpaired) electrons. The molecule has 1 amide bonds. The van der Waals surface area contributed by atoms with Gasteiger partial charge in [-0.1, -0.05) is 11.6 Å². The Morgan fingerprint density at radius 1 is 1.27 bits per heavy atom. The quantitative estimate of drug-likeness (QED) is 0.783. The molecule has 0 unspecified atom stereocenters. The number of pyridine rings is 1. The van der Waals surface area contributed by atoms with Crippen LogP contribution >= 0.6 is 0 Å². The zero-order valence-electron chi connectivity index (χ0n) is 13.8. The number of carbonyl (C=O) groups excluding carboxylic acids is 1. The molecule has 1 aliphatic rings. The molecule has 0 fully saturated rings. The molecule has 1 aromatic rings. The van der Waals surface area contributed by atoms with Crippen LogP contribution < -0.4 is 10.2 Å². The second kappa shape index (κ2) is 8.57. The highest BCUT2D eigenvalue weighted by Crippen LogP contribution is 2.19. The van der Waals surface area contributed by atoms with Crippen molar-refractivity contribution < 1.29 is 4.79 Å². The van der Waals surface area contributed by atoms with Crippen molar-refractivity contribution in [3.63, 3.8) is 0 Å². The zero-order valence-corrected chi connectivity index (χ0v) is 13.8. The van der Waals surface area contributed by atoms with Crippen LogP contribution in [-0.4, -0.2) is 30.5 Å². The number of nitrogens with one attached hydrogen (secondary N) is 1.